The van der Waals surface area contributed by atoms with Crippen LogP contribution in [0.1, 0.15) is 44.7 Å². The van der Waals surface area contributed by atoms with Crippen LogP contribution in [-0.2, 0) is 31.5 Å². The first-order chi connectivity index (χ1) is 16.9. The highest BCUT2D eigenvalue weighted by Crippen LogP contribution is 2.35. The van der Waals surface area contributed by atoms with Gasteiger partial charge in [-0.05, 0) is 62.1 Å². The number of carbonyl (C=O) groups excluding carboxylic acids is 1. The molecule has 0 aromatic heterocycles. The molecule has 0 saturated carbocycles. The van der Waals surface area contributed by atoms with E-state index in [1.54, 1.807) is 40.0 Å². The predicted octanol–water partition coefficient (Wildman–Crippen LogP) is 4.55. The van der Waals surface area contributed by atoms with E-state index in [1.807, 2.05) is 24.3 Å². The van der Waals surface area contributed by atoms with E-state index in [4.69, 9.17) is 26.8 Å². The van der Waals surface area contributed by atoms with Crippen molar-refractivity contribution in [3.63, 3.8) is 0 Å². The SMILES string of the molecule is CN=C(N)NC(=O)CCc1ccc(-c2ccc(Cl)c(CS(=O)(=O)C(C)(C)C)c2)c(OCCCOC)c1.Cl. The second-order valence-electron chi connectivity index (χ2n) is 9.36. The van der Waals surface area contributed by atoms with E-state index in [-0.39, 0.29) is 36.4 Å². The Morgan fingerprint density at radius 1 is 1.14 bits per heavy atom. The number of ether oxygens (including phenoxy) is 2. The zero-order valence-electron chi connectivity index (χ0n) is 22.0. The summed E-state index contributed by atoms with van der Waals surface area (Å²) >= 11 is 6.38. The topological polar surface area (TPSA) is 120 Å². The average Bonchev–Trinajstić information content (AvgIpc) is 2.81. The van der Waals surface area contributed by atoms with E-state index < -0.39 is 14.6 Å². The lowest BCUT2D eigenvalue weighted by atomic mass is 9.99. The highest BCUT2D eigenvalue weighted by molar-refractivity contribution is 7.91. The van der Waals surface area contributed by atoms with Crippen LogP contribution in [0.2, 0.25) is 5.02 Å². The lowest BCUT2D eigenvalue weighted by Gasteiger charge is -2.20. The largest absolute Gasteiger partial charge is 0.493 e. The van der Waals surface area contributed by atoms with Crippen LogP contribution in [0, 0.1) is 0 Å². The molecule has 206 valence electrons. The van der Waals surface area contributed by atoms with Crippen LogP contribution in [0.3, 0.4) is 0 Å². The average molecular weight is 575 g/mol. The summed E-state index contributed by atoms with van der Waals surface area (Å²) in [5, 5.41) is 2.92. The lowest BCUT2D eigenvalue weighted by molar-refractivity contribution is -0.119. The third-order valence-corrected chi connectivity index (χ3v) is 8.51. The molecule has 37 heavy (non-hydrogen) atoms. The van der Waals surface area contributed by atoms with Gasteiger partial charge in [-0.1, -0.05) is 29.8 Å². The Kier molecular flexibility index (Phi) is 12.9. The number of hydrogen-bond donors (Lipinski definition) is 2. The minimum atomic E-state index is -3.42. The Hall–Kier alpha value is -2.33. The Morgan fingerprint density at radius 3 is 2.46 bits per heavy atom. The summed E-state index contributed by atoms with van der Waals surface area (Å²) < 4.78 is 35.9. The molecule has 0 atom stereocenters. The smallest absolute Gasteiger partial charge is 0.226 e. The van der Waals surface area contributed by atoms with Gasteiger partial charge in [-0.25, -0.2) is 8.42 Å². The van der Waals surface area contributed by atoms with Gasteiger partial charge in [-0.2, -0.15) is 0 Å². The van der Waals surface area contributed by atoms with Crippen molar-refractivity contribution in [2.75, 3.05) is 27.4 Å². The van der Waals surface area contributed by atoms with Crippen LogP contribution in [-0.4, -0.2) is 52.4 Å². The number of hydrogen-bond acceptors (Lipinski definition) is 6. The molecular formula is C26H37Cl2N3O5S. The molecule has 2 rings (SSSR count). The van der Waals surface area contributed by atoms with Crippen LogP contribution in [0.4, 0.5) is 0 Å². The fourth-order valence-electron chi connectivity index (χ4n) is 3.26. The Bertz CT molecular complexity index is 1200. The maximum atomic E-state index is 12.8. The number of aryl methyl sites for hydroxylation is 1. The van der Waals surface area contributed by atoms with Crippen molar-refractivity contribution in [2.24, 2.45) is 10.7 Å². The fraction of sp³-hybridized carbons (Fsp3) is 0.462. The van der Waals surface area contributed by atoms with E-state index >= 15 is 0 Å². The molecule has 8 nitrogen and oxygen atoms in total. The number of guanidine groups is 1. The molecule has 0 bridgehead atoms. The number of benzene rings is 2. The molecule has 2 aromatic carbocycles. The highest BCUT2D eigenvalue weighted by atomic mass is 35.5. The lowest BCUT2D eigenvalue weighted by Crippen LogP contribution is -2.36. The summed E-state index contributed by atoms with van der Waals surface area (Å²) in [5.74, 6) is 0.312. The molecule has 0 heterocycles. The van der Waals surface area contributed by atoms with Crippen LogP contribution < -0.4 is 15.8 Å². The van der Waals surface area contributed by atoms with Gasteiger partial charge in [0, 0.05) is 44.2 Å². The maximum absolute atomic E-state index is 12.8. The summed E-state index contributed by atoms with van der Waals surface area (Å²) in [6, 6.07) is 11.1. The number of nitrogens with zero attached hydrogens (tertiary/aromatic N) is 1. The van der Waals surface area contributed by atoms with Gasteiger partial charge in [0.25, 0.3) is 0 Å². The first-order valence-corrected chi connectivity index (χ1v) is 13.7. The molecular weight excluding hydrogens is 537 g/mol. The maximum Gasteiger partial charge on any atom is 0.226 e. The van der Waals surface area contributed by atoms with E-state index in [0.29, 0.717) is 42.4 Å². The molecule has 0 saturated heterocycles. The molecule has 0 radical (unpaired) electrons. The Morgan fingerprint density at radius 2 is 1.84 bits per heavy atom. The molecule has 3 N–H and O–H groups in total. The summed E-state index contributed by atoms with van der Waals surface area (Å²) in [6.07, 6.45) is 1.41. The number of sulfone groups is 1. The van der Waals surface area contributed by atoms with E-state index in [1.165, 1.54) is 7.05 Å². The van der Waals surface area contributed by atoms with Gasteiger partial charge in [0.2, 0.25) is 5.91 Å². The number of nitrogens with one attached hydrogen (secondary N) is 1. The second-order valence-corrected chi connectivity index (χ2v) is 12.5. The van der Waals surface area contributed by atoms with Gasteiger partial charge >= 0.3 is 0 Å². The number of amides is 1. The molecule has 0 aliphatic rings. The van der Waals surface area contributed by atoms with Crippen LogP contribution in [0.5, 0.6) is 5.75 Å². The quantitative estimate of drug-likeness (QED) is 0.231. The standard InChI is InChI=1S/C26H36ClN3O5S.ClH/c1-26(2,3)36(32,33)17-20-16-19(9-11-22(20)27)21-10-7-18(8-12-24(31)30-25(28)29-4)15-23(21)35-14-6-13-34-5;/h7,9-11,15-16H,6,8,12-14,17H2,1-5H3,(H3,28,29,30,31);1H. The summed E-state index contributed by atoms with van der Waals surface area (Å²) in [7, 11) is -0.285. The van der Waals surface area contributed by atoms with Gasteiger partial charge < -0.3 is 15.2 Å². The molecule has 0 spiro atoms. The van der Waals surface area contributed by atoms with Gasteiger partial charge in [0.05, 0.1) is 17.1 Å². The number of rotatable bonds is 11. The second kappa shape index (κ2) is 14.6. The monoisotopic (exact) mass is 573 g/mol. The third kappa shape index (κ3) is 9.81. The molecule has 1 amide bonds. The van der Waals surface area contributed by atoms with Crippen molar-refractivity contribution in [2.45, 2.75) is 50.5 Å². The molecule has 11 heteroatoms. The van der Waals surface area contributed by atoms with E-state index in [2.05, 4.69) is 10.3 Å². The first kappa shape index (κ1) is 32.7. The van der Waals surface area contributed by atoms with Crippen molar-refractivity contribution in [1.82, 2.24) is 5.32 Å². The Labute approximate surface area is 231 Å². The molecule has 0 fully saturated rings. The molecule has 0 aliphatic heterocycles. The molecule has 0 unspecified atom stereocenters. The molecule has 2 aromatic rings. The van der Waals surface area contributed by atoms with Gasteiger partial charge in [-0.3, -0.25) is 15.1 Å². The number of methoxy groups -OCH3 is 1. The van der Waals surface area contributed by atoms with Crippen molar-refractivity contribution < 1.29 is 22.7 Å². The summed E-state index contributed by atoms with van der Waals surface area (Å²) in [4.78, 5) is 15.8. The normalized spacial score (nSPS) is 12.1. The zero-order valence-corrected chi connectivity index (χ0v) is 24.4. The van der Waals surface area contributed by atoms with Gasteiger partial charge in [0.1, 0.15) is 5.75 Å². The zero-order chi connectivity index (χ0) is 26.9. The number of aliphatic imine (C=N–C) groups is 1. The first-order valence-electron chi connectivity index (χ1n) is 11.7. The third-order valence-electron chi connectivity index (χ3n) is 5.58. The molecule has 0 aliphatic carbocycles. The number of carbonyl (C=O) groups is 1. The van der Waals surface area contributed by atoms with Gasteiger partial charge in [0.15, 0.2) is 15.8 Å². The Balaban J connectivity index is 0.00000684. The number of halogens is 2. The van der Waals surface area contributed by atoms with Crippen LogP contribution >= 0.6 is 24.0 Å². The minimum Gasteiger partial charge on any atom is -0.493 e. The van der Waals surface area contributed by atoms with Crippen LogP contribution in [0.15, 0.2) is 41.4 Å². The van der Waals surface area contributed by atoms with Gasteiger partial charge in [-0.15, -0.1) is 12.4 Å². The van der Waals surface area contributed by atoms with Crippen molar-refractivity contribution >= 4 is 45.7 Å². The highest BCUT2D eigenvalue weighted by Gasteiger charge is 2.30. The minimum absolute atomic E-state index is 0. The van der Waals surface area contributed by atoms with Crippen LogP contribution in [0.25, 0.3) is 11.1 Å². The predicted molar refractivity (Wildman–Crippen MR) is 153 cm³/mol. The number of nitrogens with two attached hydrogens (primary N) is 1. The fourth-order valence-corrected chi connectivity index (χ4v) is 4.60. The summed E-state index contributed by atoms with van der Waals surface area (Å²) in [5.41, 5.74) is 8.59. The van der Waals surface area contributed by atoms with Crippen molar-refractivity contribution in [3.05, 3.63) is 52.5 Å². The van der Waals surface area contributed by atoms with Crippen molar-refractivity contribution in [3.8, 4) is 16.9 Å². The van der Waals surface area contributed by atoms with E-state index in [9.17, 15) is 13.2 Å². The van der Waals surface area contributed by atoms with Crippen molar-refractivity contribution in [1.29, 1.82) is 0 Å². The van der Waals surface area contributed by atoms with E-state index in [0.717, 1.165) is 16.7 Å². The summed E-state index contributed by atoms with van der Waals surface area (Å²) in [6.45, 7) is 6.02.